The Kier molecular flexibility index (Phi) is 4.29. The maximum atomic E-state index is 13.3. The van der Waals surface area contributed by atoms with Crippen molar-refractivity contribution in [1.29, 1.82) is 0 Å². The molecule has 2 aromatic rings. The van der Waals surface area contributed by atoms with E-state index < -0.39 is 0 Å². The molecule has 0 saturated carbocycles. The molecule has 3 rings (SSSR count). The second-order valence-electron chi connectivity index (χ2n) is 5.70. The number of hydrogen-bond acceptors (Lipinski definition) is 3. The summed E-state index contributed by atoms with van der Waals surface area (Å²) in [5.41, 5.74) is 0.733. The molecule has 1 saturated heterocycles. The van der Waals surface area contributed by atoms with Crippen LogP contribution in [0.15, 0.2) is 30.6 Å². The van der Waals surface area contributed by atoms with Crippen LogP contribution in [-0.4, -0.2) is 38.8 Å². The SMILES string of the molecule is C[C@H](CCc1ncnn1-c1cccc(F)c1)N1CCCC1. The first-order chi connectivity index (χ1) is 10.2. The monoisotopic (exact) mass is 288 g/mol. The van der Waals surface area contributed by atoms with Crippen LogP contribution in [0.25, 0.3) is 5.69 Å². The molecule has 0 unspecified atom stereocenters. The van der Waals surface area contributed by atoms with Gasteiger partial charge >= 0.3 is 0 Å². The summed E-state index contributed by atoms with van der Waals surface area (Å²) in [6, 6.07) is 7.04. The zero-order chi connectivity index (χ0) is 14.7. The van der Waals surface area contributed by atoms with E-state index in [1.807, 2.05) is 6.07 Å². The second-order valence-corrected chi connectivity index (χ2v) is 5.70. The van der Waals surface area contributed by atoms with Gasteiger partial charge < -0.3 is 4.90 Å². The van der Waals surface area contributed by atoms with Crippen LogP contribution in [0.1, 0.15) is 32.0 Å². The molecule has 4 nitrogen and oxygen atoms in total. The van der Waals surface area contributed by atoms with Gasteiger partial charge in [-0.3, -0.25) is 0 Å². The topological polar surface area (TPSA) is 34.0 Å². The van der Waals surface area contributed by atoms with Crippen LogP contribution in [0.4, 0.5) is 4.39 Å². The van der Waals surface area contributed by atoms with Gasteiger partial charge in [0.15, 0.2) is 0 Å². The molecule has 1 atom stereocenters. The maximum absolute atomic E-state index is 13.3. The van der Waals surface area contributed by atoms with Gasteiger partial charge in [0.05, 0.1) is 5.69 Å². The minimum Gasteiger partial charge on any atom is -0.301 e. The average Bonchev–Trinajstić information content (AvgIpc) is 3.16. The van der Waals surface area contributed by atoms with E-state index in [4.69, 9.17) is 0 Å². The first kappa shape index (κ1) is 14.2. The Labute approximate surface area is 124 Å². The van der Waals surface area contributed by atoms with Crippen LogP contribution in [-0.2, 0) is 6.42 Å². The van der Waals surface area contributed by atoms with Gasteiger partial charge in [0.2, 0.25) is 0 Å². The quantitative estimate of drug-likeness (QED) is 0.848. The van der Waals surface area contributed by atoms with Crippen molar-refractivity contribution in [3.63, 3.8) is 0 Å². The van der Waals surface area contributed by atoms with Gasteiger partial charge in [-0.05, 0) is 57.5 Å². The minimum absolute atomic E-state index is 0.251. The van der Waals surface area contributed by atoms with Crippen molar-refractivity contribution < 1.29 is 4.39 Å². The van der Waals surface area contributed by atoms with E-state index in [1.165, 1.54) is 38.1 Å². The third-order valence-electron chi connectivity index (χ3n) is 4.22. The lowest BCUT2D eigenvalue weighted by Gasteiger charge is -2.23. The molecule has 0 spiro atoms. The highest BCUT2D eigenvalue weighted by atomic mass is 19.1. The van der Waals surface area contributed by atoms with Gasteiger partial charge in [0, 0.05) is 12.5 Å². The van der Waals surface area contributed by atoms with E-state index in [0.717, 1.165) is 24.4 Å². The summed E-state index contributed by atoms with van der Waals surface area (Å²) in [5.74, 6) is 0.644. The molecular weight excluding hydrogens is 267 g/mol. The molecule has 1 fully saturated rings. The van der Waals surface area contributed by atoms with E-state index >= 15 is 0 Å². The molecular formula is C16H21FN4. The highest BCUT2D eigenvalue weighted by Gasteiger charge is 2.18. The van der Waals surface area contributed by atoms with Crippen LogP contribution in [0.2, 0.25) is 0 Å². The minimum atomic E-state index is -0.251. The fourth-order valence-electron chi connectivity index (χ4n) is 2.96. The number of rotatable bonds is 5. The highest BCUT2D eigenvalue weighted by Crippen LogP contribution is 2.17. The standard InChI is InChI=1S/C16H21FN4/c1-13(20-9-2-3-10-20)7-8-16-18-12-19-21(16)15-6-4-5-14(17)11-15/h4-6,11-13H,2-3,7-10H2,1H3/t13-/m1/s1. The van der Waals surface area contributed by atoms with Crippen LogP contribution in [0.3, 0.4) is 0 Å². The summed E-state index contributed by atoms with van der Waals surface area (Å²) in [5, 5.41) is 4.23. The number of nitrogens with zero attached hydrogens (tertiary/aromatic N) is 4. The summed E-state index contributed by atoms with van der Waals surface area (Å²) in [6.45, 7) is 4.68. The van der Waals surface area contributed by atoms with Crippen LogP contribution in [0.5, 0.6) is 0 Å². The third-order valence-corrected chi connectivity index (χ3v) is 4.22. The van der Waals surface area contributed by atoms with Gasteiger partial charge in [0.1, 0.15) is 18.0 Å². The summed E-state index contributed by atoms with van der Waals surface area (Å²) < 4.78 is 15.1. The largest absolute Gasteiger partial charge is 0.301 e. The number of halogens is 1. The van der Waals surface area contributed by atoms with Crippen molar-refractivity contribution in [3.8, 4) is 5.69 Å². The Morgan fingerprint density at radius 1 is 1.29 bits per heavy atom. The van der Waals surface area contributed by atoms with Gasteiger partial charge in [-0.1, -0.05) is 6.07 Å². The van der Waals surface area contributed by atoms with Gasteiger partial charge in [-0.15, -0.1) is 0 Å². The normalized spacial score (nSPS) is 17.2. The predicted molar refractivity (Wildman–Crippen MR) is 79.9 cm³/mol. The van der Waals surface area contributed by atoms with Gasteiger partial charge in [-0.25, -0.2) is 14.1 Å². The molecule has 0 aliphatic carbocycles. The third kappa shape index (κ3) is 3.29. The number of hydrogen-bond donors (Lipinski definition) is 0. The van der Waals surface area contributed by atoms with Crippen molar-refractivity contribution >= 4 is 0 Å². The van der Waals surface area contributed by atoms with E-state index in [2.05, 4.69) is 21.9 Å². The fourth-order valence-corrected chi connectivity index (χ4v) is 2.96. The molecule has 1 aromatic carbocycles. The van der Waals surface area contributed by atoms with Crippen LogP contribution < -0.4 is 0 Å². The molecule has 0 N–H and O–H groups in total. The number of benzene rings is 1. The fraction of sp³-hybridized carbons (Fsp3) is 0.500. The lowest BCUT2D eigenvalue weighted by Crippen LogP contribution is -2.30. The Balaban J connectivity index is 1.68. The summed E-state index contributed by atoms with van der Waals surface area (Å²) >= 11 is 0. The van der Waals surface area contributed by atoms with Gasteiger partial charge in [-0.2, -0.15) is 5.10 Å². The molecule has 1 aliphatic heterocycles. The Morgan fingerprint density at radius 3 is 2.86 bits per heavy atom. The molecule has 0 bridgehead atoms. The number of likely N-dealkylation sites (tertiary alicyclic amines) is 1. The molecule has 2 heterocycles. The van der Waals surface area contributed by atoms with E-state index in [1.54, 1.807) is 17.1 Å². The van der Waals surface area contributed by atoms with Crippen LogP contribution in [0, 0.1) is 5.82 Å². The molecule has 112 valence electrons. The highest BCUT2D eigenvalue weighted by molar-refractivity contribution is 5.31. The van der Waals surface area contributed by atoms with Gasteiger partial charge in [0.25, 0.3) is 0 Å². The van der Waals surface area contributed by atoms with Crippen LogP contribution >= 0.6 is 0 Å². The molecule has 1 aliphatic rings. The first-order valence-electron chi connectivity index (χ1n) is 7.63. The van der Waals surface area contributed by atoms with Crippen molar-refractivity contribution in [2.45, 2.75) is 38.6 Å². The van der Waals surface area contributed by atoms with E-state index in [0.29, 0.717) is 6.04 Å². The predicted octanol–water partition coefficient (Wildman–Crippen LogP) is 2.82. The van der Waals surface area contributed by atoms with E-state index in [-0.39, 0.29) is 5.82 Å². The summed E-state index contributed by atoms with van der Waals surface area (Å²) in [4.78, 5) is 6.86. The zero-order valence-corrected chi connectivity index (χ0v) is 12.4. The first-order valence-corrected chi connectivity index (χ1v) is 7.63. The Hall–Kier alpha value is -1.75. The second kappa shape index (κ2) is 6.35. The van der Waals surface area contributed by atoms with Crippen molar-refractivity contribution in [2.75, 3.05) is 13.1 Å². The summed E-state index contributed by atoms with van der Waals surface area (Å²) in [7, 11) is 0. The number of aromatic nitrogens is 3. The lowest BCUT2D eigenvalue weighted by atomic mass is 10.1. The molecule has 0 amide bonds. The zero-order valence-electron chi connectivity index (χ0n) is 12.4. The Morgan fingerprint density at radius 2 is 2.10 bits per heavy atom. The van der Waals surface area contributed by atoms with E-state index in [9.17, 15) is 4.39 Å². The average molecular weight is 288 g/mol. The molecule has 1 aromatic heterocycles. The number of aryl methyl sites for hydroxylation is 1. The van der Waals surface area contributed by atoms with Crippen molar-refractivity contribution in [2.24, 2.45) is 0 Å². The Bertz CT molecular complexity index is 589. The molecule has 0 radical (unpaired) electrons. The lowest BCUT2D eigenvalue weighted by molar-refractivity contribution is 0.246. The molecule has 5 heteroatoms. The van der Waals surface area contributed by atoms with Crippen molar-refractivity contribution in [3.05, 3.63) is 42.2 Å². The summed E-state index contributed by atoms with van der Waals surface area (Å²) in [6.07, 6.45) is 6.07. The smallest absolute Gasteiger partial charge is 0.138 e. The molecule has 21 heavy (non-hydrogen) atoms. The van der Waals surface area contributed by atoms with Crippen molar-refractivity contribution in [1.82, 2.24) is 19.7 Å². The maximum Gasteiger partial charge on any atom is 0.138 e.